The number of nitrogens with one attached hydrogen (secondary N) is 1. The maximum atomic E-state index is 12.0. The summed E-state index contributed by atoms with van der Waals surface area (Å²) in [6, 6.07) is 36.4. The van der Waals surface area contributed by atoms with Crippen LogP contribution in [-0.2, 0) is 40.5 Å². The number of halogens is 3. The Morgan fingerprint density at radius 1 is 0.750 bits per heavy atom. The van der Waals surface area contributed by atoms with Crippen LogP contribution in [0.25, 0.3) is 0 Å². The summed E-state index contributed by atoms with van der Waals surface area (Å²) in [4.78, 5) is 14.4. The minimum atomic E-state index is -2.02. The molecule has 6 nitrogen and oxygen atoms in total. The molecule has 1 aliphatic rings. The first kappa shape index (κ1) is 32.5. The second-order valence-electron chi connectivity index (χ2n) is 10.9. The largest absolute Gasteiger partial charge is 0.392 e. The molecule has 3 unspecified atom stereocenters. The van der Waals surface area contributed by atoms with Crippen molar-refractivity contribution < 1.29 is 19.4 Å². The molecule has 0 saturated carbocycles. The van der Waals surface area contributed by atoms with Crippen molar-refractivity contribution in [3.63, 3.8) is 0 Å². The zero-order chi connectivity index (χ0) is 30.9. The molecule has 5 rings (SSSR count). The highest BCUT2D eigenvalue weighted by molar-refractivity contribution is 6.76. The fourth-order valence-electron chi connectivity index (χ4n) is 5.26. The molecule has 1 saturated heterocycles. The Labute approximate surface area is 273 Å². The zero-order valence-electron chi connectivity index (χ0n) is 24.1. The van der Waals surface area contributed by atoms with Gasteiger partial charge in [0.25, 0.3) is 9.70 Å². The predicted octanol–water partition coefficient (Wildman–Crippen LogP) is 7.41. The minimum absolute atomic E-state index is 0.0113. The van der Waals surface area contributed by atoms with Crippen LogP contribution in [0.15, 0.2) is 109 Å². The molecule has 1 amide bonds. The van der Waals surface area contributed by atoms with Gasteiger partial charge in [0.15, 0.2) is 6.29 Å². The van der Waals surface area contributed by atoms with Gasteiger partial charge >= 0.3 is 0 Å². The average molecular weight is 654 g/mol. The number of aliphatic hydroxyl groups is 1. The van der Waals surface area contributed by atoms with Crippen LogP contribution in [0, 0.1) is 0 Å². The maximum absolute atomic E-state index is 12.0. The second-order valence-corrected chi connectivity index (χ2v) is 13.2. The van der Waals surface area contributed by atoms with Crippen molar-refractivity contribution in [2.75, 3.05) is 6.54 Å². The van der Waals surface area contributed by atoms with Crippen LogP contribution in [0.4, 0.5) is 0 Å². The van der Waals surface area contributed by atoms with Crippen molar-refractivity contribution in [3.8, 4) is 0 Å². The van der Waals surface area contributed by atoms with E-state index in [1.807, 2.05) is 60.7 Å². The first-order chi connectivity index (χ1) is 21.3. The zero-order valence-corrected chi connectivity index (χ0v) is 26.4. The van der Waals surface area contributed by atoms with Crippen LogP contribution >= 0.6 is 34.8 Å². The highest BCUT2D eigenvalue weighted by Gasteiger charge is 2.33. The lowest BCUT2D eigenvalue weighted by Gasteiger charge is -2.38. The minimum Gasteiger partial charge on any atom is -0.392 e. The molecule has 1 fully saturated rings. The number of carbonyl (C=O) groups excluding carboxylic acids is 1. The predicted molar refractivity (Wildman–Crippen MR) is 174 cm³/mol. The van der Waals surface area contributed by atoms with Crippen LogP contribution in [0.1, 0.15) is 52.2 Å². The molecule has 0 bridgehead atoms. The number of benzene rings is 4. The molecule has 1 aliphatic heterocycles. The third-order valence-electron chi connectivity index (χ3n) is 7.54. The van der Waals surface area contributed by atoms with Gasteiger partial charge in [-0.25, -0.2) is 0 Å². The van der Waals surface area contributed by atoms with Crippen LogP contribution in [0.3, 0.4) is 0 Å². The fraction of sp³-hybridized carbons (Fsp3) is 0.286. The number of rotatable bonds is 11. The Hall–Kier alpha value is -2.94. The average Bonchev–Trinajstić information content (AvgIpc) is 3.04. The van der Waals surface area contributed by atoms with Crippen LogP contribution in [0.5, 0.6) is 0 Å². The van der Waals surface area contributed by atoms with Crippen molar-refractivity contribution in [2.24, 2.45) is 0 Å². The first-order valence-electron chi connectivity index (χ1n) is 14.5. The highest BCUT2D eigenvalue weighted by Crippen LogP contribution is 2.38. The van der Waals surface area contributed by atoms with Crippen molar-refractivity contribution in [2.45, 2.75) is 55.0 Å². The molecule has 230 valence electrons. The van der Waals surface area contributed by atoms with Gasteiger partial charge < -0.3 is 19.9 Å². The Morgan fingerprint density at radius 3 is 1.84 bits per heavy atom. The Bertz CT molecular complexity index is 1420. The number of hydrogen-bond acceptors (Lipinski definition) is 5. The highest BCUT2D eigenvalue weighted by atomic mass is 35.6. The number of nitrogens with zero attached hydrogens (tertiary/aromatic N) is 1. The number of alkyl halides is 3. The van der Waals surface area contributed by atoms with Gasteiger partial charge in [0, 0.05) is 38.2 Å². The fourth-order valence-corrected chi connectivity index (χ4v) is 5.46. The van der Waals surface area contributed by atoms with Gasteiger partial charge in [-0.05, 0) is 27.8 Å². The van der Waals surface area contributed by atoms with Crippen molar-refractivity contribution in [1.82, 2.24) is 10.2 Å². The van der Waals surface area contributed by atoms with E-state index in [9.17, 15) is 9.90 Å². The van der Waals surface area contributed by atoms with E-state index in [1.54, 1.807) is 0 Å². The van der Waals surface area contributed by atoms with Crippen molar-refractivity contribution in [3.05, 3.63) is 143 Å². The molecule has 9 heteroatoms. The molecular weight excluding hydrogens is 619 g/mol. The summed E-state index contributed by atoms with van der Waals surface area (Å²) in [5.74, 6) is -0.681. The second kappa shape index (κ2) is 15.4. The molecule has 0 aliphatic carbocycles. The van der Waals surface area contributed by atoms with Crippen LogP contribution in [0.2, 0.25) is 0 Å². The van der Waals surface area contributed by atoms with E-state index in [4.69, 9.17) is 44.3 Å². The number of carbonyl (C=O) groups is 1. The van der Waals surface area contributed by atoms with Gasteiger partial charge in [0.05, 0.1) is 18.8 Å². The number of amides is 1. The standard InChI is InChI=1S/C35H35Cl3N2O4/c36-35(37,38)34(42)39-20-25-11-17-30(18-12-25)33-43-31(19-32(44-33)29-15-13-28(24-41)14-16-29)23-40(21-26-7-3-1-4-8-26)22-27-9-5-2-6-10-27/h1-18,31-33,41H,19-24H2,(H,39,42). The molecule has 4 aromatic rings. The van der Waals surface area contributed by atoms with Gasteiger partial charge in [-0.2, -0.15) is 0 Å². The summed E-state index contributed by atoms with van der Waals surface area (Å²) in [6.07, 6.45) is -0.246. The quantitative estimate of drug-likeness (QED) is 0.165. The summed E-state index contributed by atoms with van der Waals surface area (Å²) >= 11 is 17.0. The number of aliphatic hydroxyl groups excluding tert-OH is 1. The Kier molecular flexibility index (Phi) is 11.3. The van der Waals surface area contributed by atoms with Gasteiger partial charge in [-0.15, -0.1) is 0 Å². The molecule has 1 heterocycles. The van der Waals surface area contributed by atoms with E-state index in [0.717, 1.165) is 35.3 Å². The summed E-state index contributed by atoms with van der Waals surface area (Å²) in [6.45, 7) is 2.48. The lowest BCUT2D eigenvalue weighted by Crippen LogP contribution is -2.39. The van der Waals surface area contributed by atoms with Crippen molar-refractivity contribution >= 4 is 40.7 Å². The molecule has 0 radical (unpaired) electrons. The van der Waals surface area contributed by atoms with E-state index >= 15 is 0 Å². The first-order valence-corrected chi connectivity index (χ1v) is 15.6. The van der Waals surface area contributed by atoms with E-state index in [1.165, 1.54) is 11.1 Å². The van der Waals surface area contributed by atoms with Gasteiger partial charge in [-0.3, -0.25) is 9.69 Å². The monoisotopic (exact) mass is 652 g/mol. The van der Waals surface area contributed by atoms with E-state index < -0.39 is 16.0 Å². The van der Waals surface area contributed by atoms with Gasteiger partial charge in [-0.1, -0.05) is 144 Å². The SMILES string of the molecule is O=C(NCc1ccc(C2OC(CN(Cc3ccccc3)Cc3ccccc3)CC(c3ccc(CO)cc3)O2)cc1)C(Cl)(Cl)Cl. The Morgan fingerprint density at radius 2 is 1.30 bits per heavy atom. The number of ether oxygens (including phenoxy) is 2. The topological polar surface area (TPSA) is 71.0 Å². The van der Waals surface area contributed by atoms with E-state index in [0.29, 0.717) is 13.0 Å². The third kappa shape index (κ3) is 9.29. The Balaban J connectivity index is 1.36. The molecule has 44 heavy (non-hydrogen) atoms. The molecule has 3 atom stereocenters. The summed E-state index contributed by atoms with van der Waals surface area (Å²) in [5.41, 5.74) is 6.06. The van der Waals surface area contributed by atoms with Crippen molar-refractivity contribution in [1.29, 1.82) is 0 Å². The number of hydrogen-bond donors (Lipinski definition) is 2. The molecule has 0 aromatic heterocycles. The lowest BCUT2D eigenvalue weighted by molar-refractivity contribution is -0.253. The summed E-state index contributed by atoms with van der Waals surface area (Å²) in [5, 5.41) is 12.2. The molecular formula is C35H35Cl3N2O4. The molecule has 4 aromatic carbocycles. The van der Waals surface area contributed by atoms with Gasteiger partial charge in [0.1, 0.15) is 0 Å². The lowest BCUT2D eigenvalue weighted by atomic mass is 9.99. The van der Waals surface area contributed by atoms with Crippen LogP contribution in [-0.4, -0.2) is 32.4 Å². The summed E-state index contributed by atoms with van der Waals surface area (Å²) < 4.78 is 11.2. The molecule has 2 N–H and O–H groups in total. The maximum Gasteiger partial charge on any atom is 0.272 e. The summed E-state index contributed by atoms with van der Waals surface area (Å²) in [7, 11) is 0. The van der Waals surface area contributed by atoms with Gasteiger partial charge in [0.2, 0.25) is 0 Å². The van der Waals surface area contributed by atoms with E-state index in [-0.39, 0.29) is 25.4 Å². The van der Waals surface area contributed by atoms with E-state index in [2.05, 4.69) is 58.7 Å². The molecule has 0 spiro atoms. The smallest absolute Gasteiger partial charge is 0.272 e. The normalized spacial score (nSPS) is 18.7. The van der Waals surface area contributed by atoms with Crippen LogP contribution < -0.4 is 5.32 Å². The third-order valence-corrected chi connectivity index (χ3v) is 8.05.